The molecule has 1 aromatic heterocycles. The summed E-state index contributed by atoms with van der Waals surface area (Å²) in [5, 5.41) is 14.6. The third-order valence-electron chi connectivity index (χ3n) is 5.13. The van der Waals surface area contributed by atoms with Gasteiger partial charge in [0.1, 0.15) is 35.4 Å². The van der Waals surface area contributed by atoms with Gasteiger partial charge in [-0.3, -0.25) is 14.9 Å². The number of nitro benzene ring substituents is 1. The smallest absolute Gasteiger partial charge is 0.291 e. The third-order valence-corrected chi connectivity index (χ3v) is 5.36. The average Bonchev–Trinajstić information content (AvgIpc) is 3.35. The van der Waals surface area contributed by atoms with Crippen LogP contribution in [0.5, 0.6) is 23.0 Å². The minimum atomic E-state index is -0.582. The van der Waals surface area contributed by atoms with Crippen LogP contribution in [0.4, 0.5) is 11.4 Å². The number of aryl methyl sites for hydroxylation is 1. The van der Waals surface area contributed by atoms with E-state index in [1.807, 2.05) is 6.92 Å². The van der Waals surface area contributed by atoms with Gasteiger partial charge < -0.3 is 23.9 Å². The van der Waals surface area contributed by atoms with Gasteiger partial charge in [0.05, 0.1) is 23.3 Å². The van der Waals surface area contributed by atoms with Crippen molar-refractivity contribution >= 4 is 28.9 Å². The van der Waals surface area contributed by atoms with Crippen LogP contribution >= 0.6 is 11.6 Å². The van der Waals surface area contributed by atoms with Gasteiger partial charge >= 0.3 is 0 Å². The largest absolute Gasteiger partial charge is 0.494 e. The standard InChI is InChI=1S/C27H23ClN2O7/c1-3-34-21-5-7-22(8-6-21)35-16-23-9-11-26(36-23)27(31)29-19-13-20(30(32)33)15-24(14-19)37-25-10-4-18(28)12-17(25)2/h4-15H,3,16H2,1-2H3,(H,29,31). The van der Waals surface area contributed by atoms with Gasteiger partial charge in [-0.1, -0.05) is 11.6 Å². The van der Waals surface area contributed by atoms with E-state index >= 15 is 0 Å². The highest BCUT2D eigenvalue weighted by Crippen LogP contribution is 2.32. The number of benzene rings is 3. The Hall–Kier alpha value is -4.50. The number of nitro groups is 1. The molecule has 0 saturated heterocycles. The molecule has 0 aliphatic heterocycles. The number of non-ortho nitro benzene ring substituents is 1. The minimum Gasteiger partial charge on any atom is -0.494 e. The highest BCUT2D eigenvalue weighted by molar-refractivity contribution is 6.30. The first-order valence-electron chi connectivity index (χ1n) is 11.3. The zero-order chi connectivity index (χ0) is 26.4. The lowest BCUT2D eigenvalue weighted by atomic mass is 10.2. The lowest BCUT2D eigenvalue weighted by Crippen LogP contribution is -2.11. The summed E-state index contributed by atoms with van der Waals surface area (Å²) in [5.74, 6) is 1.88. The van der Waals surface area contributed by atoms with Crippen molar-refractivity contribution < 1.29 is 28.3 Å². The molecule has 4 rings (SSSR count). The van der Waals surface area contributed by atoms with E-state index in [0.717, 1.165) is 11.3 Å². The molecule has 0 aliphatic rings. The summed E-state index contributed by atoms with van der Waals surface area (Å²) >= 11 is 5.98. The first-order valence-corrected chi connectivity index (χ1v) is 11.7. The van der Waals surface area contributed by atoms with Gasteiger partial charge in [-0.2, -0.15) is 0 Å². The molecule has 9 nitrogen and oxygen atoms in total. The number of rotatable bonds is 10. The molecule has 0 spiro atoms. The first kappa shape index (κ1) is 25.6. The van der Waals surface area contributed by atoms with Gasteiger partial charge in [-0.05, 0) is 74.0 Å². The molecule has 1 heterocycles. The normalized spacial score (nSPS) is 10.6. The van der Waals surface area contributed by atoms with Gasteiger partial charge in [0.25, 0.3) is 11.6 Å². The molecule has 1 N–H and O–H groups in total. The molecule has 37 heavy (non-hydrogen) atoms. The minimum absolute atomic E-state index is 0.0211. The fourth-order valence-electron chi connectivity index (χ4n) is 3.40. The number of hydrogen-bond acceptors (Lipinski definition) is 7. The van der Waals surface area contributed by atoms with E-state index in [2.05, 4.69) is 5.32 Å². The van der Waals surface area contributed by atoms with Crippen LogP contribution in [-0.2, 0) is 6.61 Å². The molecular formula is C27H23ClN2O7. The topological polar surface area (TPSA) is 113 Å². The van der Waals surface area contributed by atoms with Gasteiger partial charge in [-0.25, -0.2) is 0 Å². The number of halogens is 1. The Labute approximate surface area is 217 Å². The Morgan fingerprint density at radius 2 is 1.70 bits per heavy atom. The quantitative estimate of drug-likeness (QED) is 0.173. The number of carbonyl (C=O) groups is 1. The molecule has 0 atom stereocenters. The molecule has 0 aliphatic carbocycles. The molecule has 3 aromatic carbocycles. The van der Waals surface area contributed by atoms with Crippen molar-refractivity contribution in [2.75, 3.05) is 11.9 Å². The van der Waals surface area contributed by atoms with E-state index in [-0.39, 0.29) is 29.5 Å². The van der Waals surface area contributed by atoms with Crippen LogP contribution in [0.2, 0.25) is 5.02 Å². The van der Waals surface area contributed by atoms with Crippen molar-refractivity contribution in [3.8, 4) is 23.0 Å². The number of nitrogens with zero attached hydrogens (tertiary/aromatic N) is 1. The fourth-order valence-corrected chi connectivity index (χ4v) is 3.62. The molecule has 190 valence electrons. The number of hydrogen-bond donors (Lipinski definition) is 1. The van der Waals surface area contributed by atoms with Crippen LogP contribution in [0.15, 0.2) is 77.2 Å². The van der Waals surface area contributed by atoms with Gasteiger partial charge in [0.2, 0.25) is 0 Å². The lowest BCUT2D eigenvalue weighted by molar-refractivity contribution is -0.384. The van der Waals surface area contributed by atoms with Crippen molar-refractivity contribution in [1.82, 2.24) is 0 Å². The van der Waals surface area contributed by atoms with E-state index in [1.165, 1.54) is 24.3 Å². The molecule has 4 aromatic rings. The van der Waals surface area contributed by atoms with Crippen LogP contribution in [0, 0.1) is 17.0 Å². The van der Waals surface area contributed by atoms with Crippen LogP contribution in [0.25, 0.3) is 0 Å². The Morgan fingerprint density at radius 1 is 0.973 bits per heavy atom. The second-order valence-electron chi connectivity index (χ2n) is 7.90. The predicted octanol–water partition coefficient (Wildman–Crippen LogP) is 7.17. The fraction of sp³-hybridized carbons (Fsp3) is 0.148. The van der Waals surface area contributed by atoms with Crippen molar-refractivity contribution in [3.63, 3.8) is 0 Å². The van der Waals surface area contributed by atoms with Gasteiger partial charge in [-0.15, -0.1) is 0 Å². The highest BCUT2D eigenvalue weighted by atomic mass is 35.5. The molecule has 10 heteroatoms. The van der Waals surface area contributed by atoms with E-state index < -0.39 is 10.8 Å². The number of anilines is 1. The number of carbonyl (C=O) groups excluding carboxylic acids is 1. The summed E-state index contributed by atoms with van der Waals surface area (Å²) in [4.78, 5) is 23.6. The molecule has 0 bridgehead atoms. The van der Waals surface area contributed by atoms with E-state index in [9.17, 15) is 14.9 Å². The molecular weight excluding hydrogens is 500 g/mol. The van der Waals surface area contributed by atoms with Gasteiger partial charge in [0.15, 0.2) is 5.76 Å². The van der Waals surface area contributed by atoms with Crippen molar-refractivity contribution in [3.05, 3.63) is 105 Å². The van der Waals surface area contributed by atoms with Crippen LogP contribution in [0.3, 0.4) is 0 Å². The first-order chi connectivity index (χ1) is 17.8. The van der Waals surface area contributed by atoms with E-state index in [4.69, 9.17) is 30.2 Å². The van der Waals surface area contributed by atoms with Crippen LogP contribution < -0.4 is 19.5 Å². The SMILES string of the molecule is CCOc1ccc(OCc2ccc(C(=O)Nc3cc(Oc4ccc(Cl)cc4C)cc([N+](=O)[O-])c3)o2)cc1. The number of nitrogens with one attached hydrogen (secondary N) is 1. The molecule has 0 unspecified atom stereocenters. The van der Waals surface area contributed by atoms with Crippen molar-refractivity contribution in [2.24, 2.45) is 0 Å². The zero-order valence-electron chi connectivity index (χ0n) is 20.0. The lowest BCUT2D eigenvalue weighted by Gasteiger charge is -2.11. The maximum Gasteiger partial charge on any atom is 0.291 e. The summed E-state index contributed by atoms with van der Waals surface area (Å²) in [6.45, 7) is 4.39. The summed E-state index contributed by atoms with van der Waals surface area (Å²) in [6, 6.07) is 19.3. The van der Waals surface area contributed by atoms with Crippen molar-refractivity contribution in [2.45, 2.75) is 20.5 Å². The summed E-state index contributed by atoms with van der Waals surface area (Å²) < 4.78 is 22.5. The highest BCUT2D eigenvalue weighted by Gasteiger charge is 2.17. The van der Waals surface area contributed by atoms with Gasteiger partial charge in [0, 0.05) is 17.2 Å². The Balaban J connectivity index is 1.43. The van der Waals surface area contributed by atoms with E-state index in [0.29, 0.717) is 28.9 Å². The maximum atomic E-state index is 12.8. The summed E-state index contributed by atoms with van der Waals surface area (Å²) in [5.41, 5.74) is 0.674. The van der Waals surface area contributed by atoms with Crippen LogP contribution in [0.1, 0.15) is 28.8 Å². The monoisotopic (exact) mass is 522 g/mol. The Morgan fingerprint density at radius 3 is 2.38 bits per heavy atom. The average molecular weight is 523 g/mol. The number of amides is 1. The summed E-state index contributed by atoms with van der Waals surface area (Å²) in [6.07, 6.45) is 0. The molecule has 0 fully saturated rings. The zero-order valence-corrected chi connectivity index (χ0v) is 20.8. The Bertz CT molecular complexity index is 1420. The number of furan rings is 1. The third kappa shape index (κ3) is 6.80. The molecule has 1 amide bonds. The molecule has 0 saturated carbocycles. The second kappa shape index (κ2) is 11.5. The summed E-state index contributed by atoms with van der Waals surface area (Å²) in [7, 11) is 0. The van der Waals surface area contributed by atoms with Crippen LogP contribution in [-0.4, -0.2) is 17.4 Å². The Kier molecular flexibility index (Phi) is 7.95. The predicted molar refractivity (Wildman–Crippen MR) is 138 cm³/mol. The molecule has 0 radical (unpaired) electrons. The number of ether oxygens (including phenoxy) is 3. The van der Waals surface area contributed by atoms with E-state index in [1.54, 1.807) is 55.5 Å². The second-order valence-corrected chi connectivity index (χ2v) is 8.33. The maximum absolute atomic E-state index is 12.8. The van der Waals surface area contributed by atoms with Crippen molar-refractivity contribution in [1.29, 1.82) is 0 Å².